The van der Waals surface area contributed by atoms with E-state index >= 15 is 0 Å². The summed E-state index contributed by atoms with van der Waals surface area (Å²) in [6.07, 6.45) is 6.37. The third-order valence-corrected chi connectivity index (χ3v) is 6.72. The first kappa shape index (κ1) is 19.5. The maximum Gasteiger partial charge on any atom is 0.261 e. The lowest BCUT2D eigenvalue weighted by atomic mass is 9.82. The molecule has 1 fully saturated rings. The second-order valence-corrected chi connectivity index (χ2v) is 9.92. The van der Waals surface area contributed by atoms with Crippen molar-refractivity contribution >= 4 is 17.2 Å². The number of aromatic nitrogens is 3. The minimum Gasteiger partial charge on any atom is -0.370 e. The fourth-order valence-corrected chi connectivity index (χ4v) is 5.20. The van der Waals surface area contributed by atoms with Gasteiger partial charge in [-0.3, -0.25) is 4.79 Å². The molecule has 7 nitrogen and oxygen atoms in total. The van der Waals surface area contributed by atoms with Gasteiger partial charge in [0.2, 0.25) is 0 Å². The number of rotatable bonds is 4. The maximum absolute atomic E-state index is 12.6. The van der Waals surface area contributed by atoms with E-state index in [1.807, 2.05) is 25.3 Å². The van der Waals surface area contributed by atoms with Crippen LogP contribution in [0.4, 0.5) is 0 Å². The smallest absolute Gasteiger partial charge is 0.261 e. The summed E-state index contributed by atoms with van der Waals surface area (Å²) >= 11 is 1.64. The van der Waals surface area contributed by atoms with Crippen LogP contribution in [0.1, 0.15) is 53.7 Å². The van der Waals surface area contributed by atoms with Gasteiger partial charge in [-0.2, -0.15) is 0 Å². The average Bonchev–Trinajstić information content (AvgIpc) is 3.30. The van der Waals surface area contributed by atoms with Gasteiger partial charge in [0.15, 0.2) is 0 Å². The Labute approximate surface area is 170 Å². The molecule has 152 valence electrons. The Morgan fingerprint density at radius 1 is 1.25 bits per heavy atom. The van der Waals surface area contributed by atoms with Crippen molar-refractivity contribution in [3.05, 3.63) is 34.0 Å². The first-order valence-corrected chi connectivity index (χ1v) is 10.8. The Bertz CT molecular complexity index is 816. The normalized spacial score (nSPS) is 19.5. The molecule has 28 heavy (non-hydrogen) atoms. The SMILES string of the molecule is CC(C)(C)NC(=O)c1cc2c(s1)CCOC21CCN(CCn2cnnc2)CC1. The lowest BCUT2D eigenvalue weighted by Crippen LogP contribution is -2.46. The van der Waals surface area contributed by atoms with Gasteiger partial charge >= 0.3 is 0 Å². The molecule has 0 atom stereocenters. The predicted molar refractivity (Wildman–Crippen MR) is 109 cm³/mol. The van der Waals surface area contributed by atoms with E-state index in [0.717, 1.165) is 56.9 Å². The number of nitrogens with one attached hydrogen (secondary N) is 1. The number of ether oxygens (including phenoxy) is 1. The largest absolute Gasteiger partial charge is 0.370 e. The van der Waals surface area contributed by atoms with Gasteiger partial charge in [0.1, 0.15) is 12.7 Å². The highest BCUT2D eigenvalue weighted by Gasteiger charge is 2.42. The van der Waals surface area contributed by atoms with Crippen LogP contribution in [0, 0.1) is 0 Å². The third-order valence-electron chi connectivity index (χ3n) is 5.52. The van der Waals surface area contributed by atoms with Crippen molar-refractivity contribution < 1.29 is 9.53 Å². The molecule has 2 aliphatic rings. The van der Waals surface area contributed by atoms with Crippen LogP contribution < -0.4 is 5.32 Å². The fraction of sp³-hybridized carbons (Fsp3) is 0.650. The summed E-state index contributed by atoms with van der Waals surface area (Å²) in [7, 11) is 0. The highest BCUT2D eigenvalue weighted by Crippen LogP contribution is 2.44. The molecule has 0 radical (unpaired) electrons. The Morgan fingerprint density at radius 2 is 1.96 bits per heavy atom. The van der Waals surface area contributed by atoms with E-state index in [1.54, 1.807) is 24.0 Å². The molecular formula is C20H29N5O2S. The molecule has 4 rings (SSSR count). The van der Waals surface area contributed by atoms with Crippen molar-refractivity contribution in [3.63, 3.8) is 0 Å². The van der Waals surface area contributed by atoms with Gasteiger partial charge in [-0.25, -0.2) is 0 Å². The number of thiophene rings is 1. The van der Waals surface area contributed by atoms with Crippen molar-refractivity contribution in [2.45, 2.75) is 57.7 Å². The van der Waals surface area contributed by atoms with Crippen LogP contribution >= 0.6 is 11.3 Å². The van der Waals surface area contributed by atoms with Gasteiger partial charge in [-0.05, 0) is 45.2 Å². The molecule has 1 spiro atoms. The van der Waals surface area contributed by atoms with Gasteiger partial charge in [-0.1, -0.05) is 0 Å². The summed E-state index contributed by atoms with van der Waals surface area (Å²) < 4.78 is 8.36. The van der Waals surface area contributed by atoms with Gasteiger partial charge in [0.25, 0.3) is 5.91 Å². The second-order valence-electron chi connectivity index (χ2n) is 8.79. The molecule has 1 saturated heterocycles. The minimum absolute atomic E-state index is 0.0217. The van der Waals surface area contributed by atoms with Crippen LogP contribution in [-0.2, 0) is 23.3 Å². The zero-order valence-corrected chi connectivity index (χ0v) is 17.7. The van der Waals surface area contributed by atoms with Gasteiger partial charge < -0.3 is 19.5 Å². The molecule has 2 aromatic heterocycles. The highest BCUT2D eigenvalue weighted by atomic mass is 32.1. The summed E-state index contributed by atoms with van der Waals surface area (Å²) in [4.78, 5) is 17.2. The van der Waals surface area contributed by atoms with Crippen LogP contribution in [0.15, 0.2) is 18.7 Å². The van der Waals surface area contributed by atoms with Crippen LogP contribution in [-0.4, -0.2) is 57.4 Å². The minimum atomic E-state index is -0.230. The van der Waals surface area contributed by atoms with E-state index < -0.39 is 0 Å². The highest BCUT2D eigenvalue weighted by molar-refractivity contribution is 7.14. The number of likely N-dealkylation sites (tertiary alicyclic amines) is 1. The van der Waals surface area contributed by atoms with Crippen LogP contribution in [0.3, 0.4) is 0 Å². The number of nitrogens with zero attached hydrogens (tertiary/aromatic N) is 4. The van der Waals surface area contributed by atoms with Gasteiger partial charge in [0.05, 0.1) is 17.1 Å². The molecule has 0 bridgehead atoms. The summed E-state index contributed by atoms with van der Waals surface area (Å²) in [6.45, 7) is 10.7. The van der Waals surface area contributed by atoms with Crippen LogP contribution in [0.2, 0.25) is 0 Å². The molecule has 0 unspecified atom stereocenters. The first-order chi connectivity index (χ1) is 13.3. The number of carbonyl (C=O) groups excluding carboxylic acids is 1. The molecule has 2 aliphatic heterocycles. The van der Waals surface area contributed by atoms with Crippen molar-refractivity contribution in [1.29, 1.82) is 0 Å². The topological polar surface area (TPSA) is 72.3 Å². The Balaban J connectivity index is 1.43. The standard InChI is InChI=1S/C20H29N5O2S/c1-19(2,3)23-18(26)17-12-15-16(28-17)4-11-27-20(15)5-7-24(8-6-20)9-10-25-13-21-22-14-25/h12-14H,4-11H2,1-3H3,(H,23,26). The Morgan fingerprint density at radius 3 is 2.64 bits per heavy atom. The van der Waals surface area contributed by atoms with Gasteiger partial charge in [0, 0.05) is 43.0 Å². The zero-order chi connectivity index (χ0) is 19.8. The van der Waals surface area contributed by atoms with E-state index in [2.05, 4.69) is 26.5 Å². The molecule has 0 aromatic carbocycles. The zero-order valence-electron chi connectivity index (χ0n) is 16.9. The fourth-order valence-electron chi connectivity index (χ4n) is 4.08. The van der Waals surface area contributed by atoms with Crippen molar-refractivity contribution in [1.82, 2.24) is 25.0 Å². The first-order valence-electron chi connectivity index (χ1n) is 9.99. The number of fused-ring (bicyclic) bond motifs is 2. The lowest BCUT2D eigenvalue weighted by Gasteiger charge is -2.44. The number of carbonyl (C=O) groups is 1. The van der Waals surface area contributed by atoms with E-state index in [4.69, 9.17) is 4.74 Å². The number of hydrogen-bond acceptors (Lipinski definition) is 6. The van der Waals surface area contributed by atoms with E-state index in [1.165, 1.54) is 10.4 Å². The maximum atomic E-state index is 12.6. The van der Waals surface area contributed by atoms with E-state index in [0.29, 0.717) is 0 Å². The van der Waals surface area contributed by atoms with Crippen molar-refractivity contribution in [2.24, 2.45) is 0 Å². The number of hydrogen-bond donors (Lipinski definition) is 1. The van der Waals surface area contributed by atoms with E-state index in [9.17, 15) is 4.79 Å². The molecule has 0 aliphatic carbocycles. The van der Waals surface area contributed by atoms with Crippen molar-refractivity contribution in [2.75, 3.05) is 26.2 Å². The molecule has 0 saturated carbocycles. The Kier molecular flexibility index (Phi) is 5.28. The molecular weight excluding hydrogens is 374 g/mol. The van der Waals surface area contributed by atoms with E-state index in [-0.39, 0.29) is 17.0 Å². The molecule has 8 heteroatoms. The predicted octanol–water partition coefficient (Wildman–Crippen LogP) is 2.43. The number of piperidine rings is 1. The molecule has 2 aromatic rings. The number of amides is 1. The molecule has 4 heterocycles. The van der Waals surface area contributed by atoms with Crippen LogP contribution in [0.25, 0.3) is 0 Å². The summed E-state index contributed by atoms with van der Waals surface area (Å²) in [5.41, 5.74) is 0.796. The average molecular weight is 404 g/mol. The lowest BCUT2D eigenvalue weighted by molar-refractivity contribution is -0.0972. The third kappa shape index (κ3) is 4.14. The van der Waals surface area contributed by atoms with Crippen molar-refractivity contribution in [3.8, 4) is 0 Å². The molecule has 1 N–H and O–H groups in total. The summed E-state index contributed by atoms with van der Waals surface area (Å²) in [5, 5.41) is 10.8. The summed E-state index contributed by atoms with van der Waals surface area (Å²) in [5.74, 6) is 0.0217. The monoisotopic (exact) mass is 403 g/mol. The van der Waals surface area contributed by atoms with Gasteiger partial charge in [-0.15, -0.1) is 21.5 Å². The van der Waals surface area contributed by atoms with Crippen LogP contribution in [0.5, 0.6) is 0 Å². The summed E-state index contributed by atoms with van der Waals surface area (Å²) in [6, 6.07) is 2.09. The Hall–Kier alpha value is -1.77. The quantitative estimate of drug-likeness (QED) is 0.849. The molecule has 1 amide bonds. The second kappa shape index (κ2) is 7.57.